The molecule has 3 nitrogen and oxygen atoms in total. The van der Waals surface area contributed by atoms with E-state index in [1.165, 1.54) is 27.6 Å². The van der Waals surface area contributed by atoms with Crippen molar-refractivity contribution in [1.29, 1.82) is 0 Å². The van der Waals surface area contributed by atoms with Gasteiger partial charge in [-0.1, -0.05) is 48.9 Å². The molecule has 0 bridgehead atoms. The number of carbonyl (C=O) groups excluding carboxylic acids is 1. The van der Waals surface area contributed by atoms with Gasteiger partial charge in [0.1, 0.15) is 5.75 Å². The number of aromatic hydroxyl groups is 1. The van der Waals surface area contributed by atoms with Gasteiger partial charge >= 0.3 is 5.97 Å². The molecule has 0 heterocycles. The summed E-state index contributed by atoms with van der Waals surface area (Å²) < 4.78 is 5.76. The van der Waals surface area contributed by atoms with Gasteiger partial charge < -0.3 is 9.84 Å². The van der Waals surface area contributed by atoms with Crippen LogP contribution in [-0.4, -0.2) is 17.7 Å². The van der Waals surface area contributed by atoms with Crippen molar-refractivity contribution in [1.82, 2.24) is 0 Å². The zero-order valence-corrected chi connectivity index (χ0v) is 20.8. The topological polar surface area (TPSA) is 46.5 Å². The quantitative estimate of drug-likeness (QED) is 0.431. The van der Waals surface area contributed by atoms with Crippen molar-refractivity contribution >= 4 is 16.7 Å². The van der Waals surface area contributed by atoms with Crippen molar-refractivity contribution in [3.05, 3.63) is 75.3 Å². The number of hydrogen-bond acceptors (Lipinski definition) is 3. The minimum absolute atomic E-state index is 0.0952. The molecule has 174 valence electrons. The highest BCUT2D eigenvalue weighted by Gasteiger charge is 2.33. The average Bonchev–Trinajstić information content (AvgIpc) is 2.80. The number of benzene rings is 3. The van der Waals surface area contributed by atoms with Crippen LogP contribution < -0.4 is 0 Å². The van der Waals surface area contributed by atoms with Gasteiger partial charge in [-0.05, 0) is 110 Å². The summed E-state index contributed by atoms with van der Waals surface area (Å²) in [6.07, 6.45) is 3.82. The van der Waals surface area contributed by atoms with Crippen LogP contribution in [-0.2, 0) is 22.4 Å². The van der Waals surface area contributed by atoms with Gasteiger partial charge in [0, 0.05) is 0 Å². The van der Waals surface area contributed by atoms with E-state index in [1.807, 2.05) is 26.8 Å². The molecule has 1 aliphatic rings. The minimum atomic E-state index is -0.286. The highest BCUT2D eigenvalue weighted by Crippen LogP contribution is 2.43. The zero-order valence-electron chi connectivity index (χ0n) is 20.8. The van der Waals surface area contributed by atoms with Crippen molar-refractivity contribution in [2.24, 2.45) is 5.41 Å². The molecule has 0 aliphatic heterocycles. The Balaban J connectivity index is 1.40. The summed E-state index contributed by atoms with van der Waals surface area (Å²) in [6, 6.07) is 12.6. The Morgan fingerprint density at radius 1 is 1.00 bits per heavy atom. The summed E-state index contributed by atoms with van der Waals surface area (Å²) >= 11 is 0. The average molecular weight is 445 g/mol. The van der Waals surface area contributed by atoms with E-state index in [0.717, 1.165) is 47.8 Å². The van der Waals surface area contributed by atoms with E-state index in [9.17, 15) is 9.90 Å². The van der Waals surface area contributed by atoms with E-state index in [1.54, 1.807) is 0 Å². The lowest BCUT2D eigenvalue weighted by molar-refractivity contribution is -0.145. The van der Waals surface area contributed by atoms with E-state index in [2.05, 4.69) is 51.1 Å². The fourth-order valence-corrected chi connectivity index (χ4v) is 5.33. The van der Waals surface area contributed by atoms with Gasteiger partial charge in [0.05, 0.1) is 12.5 Å². The maximum Gasteiger partial charge on any atom is 0.313 e. The van der Waals surface area contributed by atoms with Gasteiger partial charge in [-0.3, -0.25) is 4.79 Å². The minimum Gasteiger partial charge on any atom is -0.507 e. The molecule has 0 unspecified atom stereocenters. The molecule has 1 N–H and O–H groups in total. The maximum atomic E-state index is 12.8. The number of esters is 1. The Bertz CT molecular complexity index is 1220. The molecule has 2 atom stereocenters. The smallest absolute Gasteiger partial charge is 0.313 e. The number of ether oxygens (including phenoxy) is 1. The van der Waals surface area contributed by atoms with E-state index in [4.69, 9.17) is 4.74 Å². The van der Waals surface area contributed by atoms with E-state index in [-0.39, 0.29) is 17.3 Å². The Morgan fingerprint density at radius 2 is 1.70 bits per heavy atom. The third-order valence-corrected chi connectivity index (χ3v) is 7.95. The first-order valence-electron chi connectivity index (χ1n) is 12.1. The van der Waals surface area contributed by atoms with Gasteiger partial charge in [0.2, 0.25) is 0 Å². The van der Waals surface area contributed by atoms with Crippen LogP contribution in [0.15, 0.2) is 36.4 Å². The second-order valence-electron chi connectivity index (χ2n) is 10.4. The highest BCUT2D eigenvalue weighted by atomic mass is 16.5. The fraction of sp³-hybridized carbons (Fsp3) is 0.433. The van der Waals surface area contributed by atoms with Crippen LogP contribution in [0, 0.1) is 33.1 Å². The third-order valence-electron chi connectivity index (χ3n) is 7.95. The zero-order chi connectivity index (χ0) is 23.9. The molecule has 33 heavy (non-hydrogen) atoms. The lowest BCUT2D eigenvalue weighted by atomic mass is 9.68. The highest BCUT2D eigenvalue weighted by molar-refractivity contribution is 5.86. The van der Waals surface area contributed by atoms with Gasteiger partial charge in [-0.2, -0.15) is 0 Å². The molecule has 1 aliphatic carbocycles. The Hall–Kier alpha value is -2.81. The summed E-state index contributed by atoms with van der Waals surface area (Å²) in [6.45, 7) is 12.9. The van der Waals surface area contributed by atoms with Gasteiger partial charge in [0.15, 0.2) is 0 Å². The van der Waals surface area contributed by atoms with Crippen LogP contribution in [0.5, 0.6) is 5.75 Å². The molecule has 0 spiro atoms. The van der Waals surface area contributed by atoms with Crippen LogP contribution >= 0.6 is 0 Å². The molecule has 0 fully saturated rings. The van der Waals surface area contributed by atoms with Crippen LogP contribution in [0.4, 0.5) is 0 Å². The molecular formula is C30H36O3. The number of hydrogen-bond donors (Lipinski definition) is 1. The Kier molecular flexibility index (Phi) is 6.26. The summed E-state index contributed by atoms with van der Waals surface area (Å²) in [5, 5.41) is 12.8. The fourth-order valence-electron chi connectivity index (χ4n) is 5.33. The second kappa shape index (κ2) is 8.85. The molecule has 0 aromatic heterocycles. The molecule has 0 radical (unpaired) electrons. The number of carbonyl (C=O) groups is 1. The molecule has 0 amide bonds. The first kappa shape index (κ1) is 23.4. The first-order valence-corrected chi connectivity index (χ1v) is 12.1. The third kappa shape index (κ3) is 4.51. The number of phenolic OH excluding ortho intramolecular Hbond substituents is 1. The summed E-state index contributed by atoms with van der Waals surface area (Å²) in [4.78, 5) is 12.8. The number of aryl methyl sites for hydroxylation is 1. The molecule has 0 saturated heterocycles. The molecule has 0 saturated carbocycles. The summed E-state index contributed by atoms with van der Waals surface area (Å²) in [5.74, 6) is 0.00164. The predicted molar refractivity (Wildman–Crippen MR) is 135 cm³/mol. The van der Waals surface area contributed by atoms with Crippen LogP contribution in [0.3, 0.4) is 0 Å². The van der Waals surface area contributed by atoms with Crippen LogP contribution in [0.1, 0.15) is 71.6 Å². The lowest BCUT2D eigenvalue weighted by Gasteiger charge is -2.37. The first-order chi connectivity index (χ1) is 15.6. The second-order valence-corrected chi connectivity index (χ2v) is 10.4. The maximum absolute atomic E-state index is 12.8. The van der Waals surface area contributed by atoms with Crippen molar-refractivity contribution in [3.8, 4) is 5.75 Å². The molecular weight excluding hydrogens is 408 g/mol. The molecule has 3 aromatic carbocycles. The Labute approximate surface area is 197 Å². The van der Waals surface area contributed by atoms with E-state index in [0.29, 0.717) is 12.4 Å². The van der Waals surface area contributed by atoms with Crippen LogP contribution in [0.2, 0.25) is 0 Å². The van der Waals surface area contributed by atoms with Crippen molar-refractivity contribution in [2.45, 2.75) is 73.1 Å². The molecule has 3 heteroatoms. The van der Waals surface area contributed by atoms with Crippen molar-refractivity contribution in [2.75, 3.05) is 6.61 Å². The molecule has 3 aromatic rings. The normalized spacial score (nSPS) is 18.7. The SMILES string of the molecule is Cc1ccc2cc([C@H](C)C(=O)OCC[C@@]3(C)CCc4c(C)c(O)c(C)c(C)c4C3)ccc2c1. The van der Waals surface area contributed by atoms with Gasteiger partial charge in [-0.15, -0.1) is 0 Å². The van der Waals surface area contributed by atoms with E-state index >= 15 is 0 Å². The standard InChI is InChI=1S/C30H36O3/c1-18-7-8-25-16-23(9-10-24(25)15-18)21(4)29(32)33-14-13-30(6)12-11-26-22(5)28(31)20(3)19(2)27(26)17-30/h7-10,15-16,21,31H,11-14,17H2,1-6H3/t21-,30+/m0/s1. The number of rotatable bonds is 5. The van der Waals surface area contributed by atoms with Crippen LogP contribution in [0.25, 0.3) is 10.8 Å². The van der Waals surface area contributed by atoms with Gasteiger partial charge in [-0.25, -0.2) is 0 Å². The monoisotopic (exact) mass is 444 g/mol. The molecule has 4 rings (SSSR count). The van der Waals surface area contributed by atoms with Crippen molar-refractivity contribution in [3.63, 3.8) is 0 Å². The largest absolute Gasteiger partial charge is 0.507 e. The van der Waals surface area contributed by atoms with Crippen molar-refractivity contribution < 1.29 is 14.6 Å². The lowest BCUT2D eigenvalue weighted by Crippen LogP contribution is -2.29. The van der Waals surface area contributed by atoms with E-state index < -0.39 is 0 Å². The van der Waals surface area contributed by atoms with Gasteiger partial charge in [0.25, 0.3) is 0 Å². The summed E-state index contributed by atoms with van der Waals surface area (Å²) in [7, 11) is 0. The summed E-state index contributed by atoms with van der Waals surface area (Å²) in [5.41, 5.74) is 8.23. The number of fused-ring (bicyclic) bond motifs is 2. The number of phenols is 1. The predicted octanol–water partition coefficient (Wildman–Crippen LogP) is 7.01. The Morgan fingerprint density at radius 3 is 2.45 bits per heavy atom.